The average molecular weight is 269 g/mol. The molecule has 1 heterocycles. The van der Waals surface area contributed by atoms with E-state index in [1.165, 1.54) is 10.4 Å². The fourth-order valence-electron chi connectivity index (χ4n) is 2.30. The second kappa shape index (κ2) is 8.68. The Hall–Kier alpha value is -0.380. The summed E-state index contributed by atoms with van der Waals surface area (Å²) in [6.07, 6.45) is 3.73. The van der Waals surface area contributed by atoms with Gasteiger partial charge < -0.3 is 10.1 Å². The van der Waals surface area contributed by atoms with E-state index in [-0.39, 0.29) is 0 Å². The second-order valence-corrected chi connectivity index (χ2v) is 5.77. The van der Waals surface area contributed by atoms with Gasteiger partial charge in [0, 0.05) is 11.5 Å². The van der Waals surface area contributed by atoms with Crippen molar-refractivity contribution in [3.63, 3.8) is 0 Å². The molecular formula is C15H27NOS. The van der Waals surface area contributed by atoms with Crippen LogP contribution in [-0.2, 0) is 4.74 Å². The molecule has 104 valence electrons. The highest BCUT2D eigenvalue weighted by molar-refractivity contribution is 7.10. The fourth-order valence-corrected chi connectivity index (χ4v) is 3.05. The molecule has 1 rings (SSSR count). The normalized spacial score (nSPS) is 14.7. The summed E-state index contributed by atoms with van der Waals surface area (Å²) in [6, 6.07) is 2.59. The van der Waals surface area contributed by atoms with E-state index in [1.807, 2.05) is 11.3 Å². The van der Waals surface area contributed by atoms with Crippen LogP contribution in [0.4, 0.5) is 0 Å². The second-order valence-electron chi connectivity index (χ2n) is 4.65. The molecule has 2 unspecified atom stereocenters. The lowest BCUT2D eigenvalue weighted by Crippen LogP contribution is -2.34. The number of hydrogen-bond donors (Lipinski definition) is 1. The predicted molar refractivity (Wildman–Crippen MR) is 80.4 cm³/mol. The van der Waals surface area contributed by atoms with Crippen molar-refractivity contribution in [2.24, 2.45) is 0 Å². The first-order valence-electron chi connectivity index (χ1n) is 7.13. The molecule has 0 aromatic carbocycles. The molecule has 1 aromatic heterocycles. The third-order valence-electron chi connectivity index (χ3n) is 3.17. The Balaban J connectivity index is 2.84. The Morgan fingerprint density at radius 3 is 2.56 bits per heavy atom. The van der Waals surface area contributed by atoms with E-state index in [1.54, 1.807) is 0 Å². The van der Waals surface area contributed by atoms with E-state index in [9.17, 15) is 0 Å². The number of thiophene rings is 1. The maximum Gasteiger partial charge on any atom is 0.0769 e. The van der Waals surface area contributed by atoms with Gasteiger partial charge >= 0.3 is 0 Å². The highest BCUT2D eigenvalue weighted by Crippen LogP contribution is 2.28. The quantitative estimate of drug-likeness (QED) is 0.721. The van der Waals surface area contributed by atoms with Gasteiger partial charge in [0.1, 0.15) is 0 Å². The molecule has 0 fully saturated rings. The van der Waals surface area contributed by atoms with Crippen LogP contribution in [0.2, 0.25) is 0 Å². The minimum atomic E-state index is 0.292. The molecule has 1 N–H and O–H groups in total. The van der Waals surface area contributed by atoms with Crippen LogP contribution in [0.15, 0.2) is 11.4 Å². The van der Waals surface area contributed by atoms with Crippen molar-refractivity contribution in [1.82, 2.24) is 5.32 Å². The van der Waals surface area contributed by atoms with Gasteiger partial charge in [-0.15, -0.1) is 11.3 Å². The van der Waals surface area contributed by atoms with Crippen molar-refractivity contribution in [2.75, 3.05) is 13.2 Å². The molecule has 0 aliphatic rings. The molecule has 0 radical (unpaired) electrons. The topological polar surface area (TPSA) is 21.3 Å². The van der Waals surface area contributed by atoms with E-state index >= 15 is 0 Å². The minimum Gasteiger partial charge on any atom is -0.377 e. The predicted octanol–water partition coefficient (Wildman–Crippen LogP) is 4.30. The summed E-state index contributed by atoms with van der Waals surface area (Å²) in [6.45, 7) is 10.6. The zero-order valence-corrected chi connectivity index (χ0v) is 13.0. The van der Waals surface area contributed by atoms with Gasteiger partial charge in [0.15, 0.2) is 0 Å². The zero-order valence-electron chi connectivity index (χ0n) is 12.2. The number of hydrogen-bond acceptors (Lipinski definition) is 3. The first-order valence-corrected chi connectivity index (χ1v) is 8.01. The van der Waals surface area contributed by atoms with Crippen molar-refractivity contribution in [2.45, 2.75) is 59.1 Å². The number of rotatable bonds is 9. The number of aryl methyl sites for hydroxylation is 1. The lowest BCUT2D eigenvalue weighted by Gasteiger charge is -2.28. The summed E-state index contributed by atoms with van der Waals surface area (Å²) in [7, 11) is 0. The van der Waals surface area contributed by atoms with Crippen LogP contribution in [0.5, 0.6) is 0 Å². The zero-order chi connectivity index (χ0) is 13.4. The van der Waals surface area contributed by atoms with Crippen molar-refractivity contribution in [1.29, 1.82) is 0 Å². The number of nitrogens with one attached hydrogen (secondary N) is 1. The Labute approximate surface area is 116 Å². The van der Waals surface area contributed by atoms with Crippen LogP contribution in [0.1, 0.15) is 56.5 Å². The molecule has 2 nitrogen and oxygen atoms in total. The third-order valence-corrected chi connectivity index (χ3v) is 4.04. The maximum absolute atomic E-state index is 5.96. The van der Waals surface area contributed by atoms with Crippen molar-refractivity contribution in [3.05, 3.63) is 21.9 Å². The molecule has 1 aromatic rings. The van der Waals surface area contributed by atoms with Gasteiger partial charge in [0.05, 0.1) is 12.1 Å². The molecule has 18 heavy (non-hydrogen) atoms. The Bertz CT molecular complexity index is 318. The van der Waals surface area contributed by atoms with Gasteiger partial charge in [0.2, 0.25) is 0 Å². The van der Waals surface area contributed by atoms with E-state index in [4.69, 9.17) is 4.74 Å². The minimum absolute atomic E-state index is 0.292. The van der Waals surface area contributed by atoms with Gasteiger partial charge in [-0.1, -0.05) is 20.3 Å². The summed E-state index contributed by atoms with van der Waals surface area (Å²) in [5, 5.41) is 5.84. The molecular weight excluding hydrogens is 242 g/mol. The molecule has 0 saturated heterocycles. The standard InChI is InChI=1S/C15H27NOS/c1-5-8-14(17-7-3)15(16-10-6-2)13-9-11-18-12(13)4/h9,11,14-16H,5-8,10H2,1-4H3. The van der Waals surface area contributed by atoms with Gasteiger partial charge in [-0.3, -0.25) is 0 Å². The fraction of sp³-hybridized carbons (Fsp3) is 0.733. The summed E-state index contributed by atoms with van der Waals surface area (Å²) < 4.78 is 5.96. The maximum atomic E-state index is 5.96. The molecule has 0 spiro atoms. The van der Waals surface area contributed by atoms with Crippen LogP contribution in [0, 0.1) is 6.92 Å². The average Bonchev–Trinajstić information content (AvgIpc) is 2.77. The third kappa shape index (κ3) is 4.38. The lowest BCUT2D eigenvalue weighted by molar-refractivity contribution is 0.0276. The van der Waals surface area contributed by atoms with Crippen LogP contribution in [0.3, 0.4) is 0 Å². The highest BCUT2D eigenvalue weighted by Gasteiger charge is 2.24. The van der Waals surface area contributed by atoms with Crippen molar-refractivity contribution < 1.29 is 4.74 Å². The van der Waals surface area contributed by atoms with Crippen LogP contribution in [0.25, 0.3) is 0 Å². The molecule has 0 aliphatic carbocycles. The smallest absolute Gasteiger partial charge is 0.0769 e. The van der Waals surface area contributed by atoms with E-state index in [0.717, 1.165) is 32.4 Å². The van der Waals surface area contributed by atoms with Crippen molar-refractivity contribution >= 4 is 11.3 Å². The van der Waals surface area contributed by atoms with E-state index in [0.29, 0.717) is 12.1 Å². The molecule has 0 bridgehead atoms. The highest BCUT2D eigenvalue weighted by atomic mass is 32.1. The molecule has 0 saturated carbocycles. The van der Waals surface area contributed by atoms with Crippen LogP contribution >= 0.6 is 11.3 Å². The van der Waals surface area contributed by atoms with Gasteiger partial charge in [0.25, 0.3) is 0 Å². The summed E-state index contributed by atoms with van der Waals surface area (Å²) in [5.41, 5.74) is 1.42. The van der Waals surface area contributed by atoms with Crippen molar-refractivity contribution in [3.8, 4) is 0 Å². The molecule has 0 aliphatic heterocycles. The molecule has 2 atom stereocenters. The van der Waals surface area contributed by atoms with E-state index < -0.39 is 0 Å². The lowest BCUT2D eigenvalue weighted by atomic mass is 9.98. The Morgan fingerprint density at radius 1 is 1.28 bits per heavy atom. The van der Waals surface area contributed by atoms with Gasteiger partial charge in [-0.05, 0) is 50.2 Å². The SMILES string of the molecule is CCCNC(c1ccsc1C)C(CCC)OCC. The monoisotopic (exact) mass is 269 g/mol. The molecule has 0 amide bonds. The largest absolute Gasteiger partial charge is 0.377 e. The Morgan fingerprint density at radius 2 is 2.06 bits per heavy atom. The van der Waals surface area contributed by atoms with Gasteiger partial charge in [-0.25, -0.2) is 0 Å². The first kappa shape index (κ1) is 15.7. The number of ether oxygens (including phenoxy) is 1. The van der Waals surface area contributed by atoms with Gasteiger partial charge in [-0.2, -0.15) is 0 Å². The summed E-state index contributed by atoms with van der Waals surface area (Å²) in [4.78, 5) is 1.41. The molecule has 3 heteroatoms. The Kier molecular flexibility index (Phi) is 7.56. The van der Waals surface area contributed by atoms with Crippen LogP contribution < -0.4 is 5.32 Å². The summed E-state index contributed by atoms with van der Waals surface area (Å²) >= 11 is 1.82. The summed E-state index contributed by atoms with van der Waals surface area (Å²) in [5.74, 6) is 0. The van der Waals surface area contributed by atoms with Crippen LogP contribution in [-0.4, -0.2) is 19.3 Å². The first-order chi connectivity index (χ1) is 8.74. The van der Waals surface area contributed by atoms with E-state index in [2.05, 4.69) is 44.5 Å².